The number of alkyl halides is 3. The summed E-state index contributed by atoms with van der Waals surface area (Å²) in [7, 11) is 0. The monoisotopic (exact) mass is 230 g/mol. The lowest BCUT2D eigenvalue weighted by Crippen LogP contribution is -2.23. The van der Waals surface area contributed by atoms with Gasteiger partial charge in [-0.3, -0.25) is 4.98 Å². The quantitative estimate of drug-likeness (QED) is 0.866. The molecular weight excluding hydrogens is 217 g/mol. The van der Waals surface area contributed by atoms with Gasteiger partial charge >= 0.3 is 6.18 Å². The molecule has 2 N–H and O–H groups in total. The van der Waals surface area contributed by atoms with Crippen molar-refractivity contribution in [3.63, 3.8) is 0 Å². The summed E-state index contributed by atoms with van der Waals surface area (Å²) in [5.41, 5.74) is 5.09. The van der Waals surface area contributed by atoms with E-state index in [0.29, 0.717) is 12.8 Å². The fourth-order valence-electron chi connectivity index (χ4n) is 1.69. The Hall–Kier alpha value is -1.10. The van der Waals surface area contributed by atoms with Gasteiger partial charge in [0.25, 0.3) is 0 Å². The summed E-state index contributed by atoms with van der Waals surface area (Å²) >= 11 is 0. The minimum atomic E-state index is -4.37. The second-order valence-electron chi connectivity index (χ2n) is 4.37. The van der Waals surface area contributed by atoms with Gasteiger partial charge in [-0.1, -0.05) is 6.07 Å². The van der Waals surface area contributed by atoms with Crippen LogP contribution in [0.3, 0.4) is 0 Å². The molecule has 0 saturated heterocycles. The summed E-state index contributed by atoms with van der Waals surface area (Å²) in [6, 6.07) is 3.00. The van der Waals surface area contributed by atoms with Crippen molar-refractivity contribution in [2.75, 3.05) is 0 Å². The number of pyridine rings is 1. The molecule has 16 heavy (non-hydrogen) atoms. The molecule has 1 aromatic heterocycles. The maximum atomic E-state index is 12.6. The summed E-state index contributed by atoms with van der Waals surface area (Å²) in [5, 5.41) is 0. The molecule has 2 nitrogen and oxygen atoms in total. The van der Waals surface area contributed by atoms with Gasteiger partial charge in [0, 0.05) is 11.7 Å². The first-order valence-electron chi connectivity index (χ1n) is 5.21. The van der Waals surface area contributed by atoms with Gasteiger partial charge in [-0.25, -0.2) is 0 Å². The van der Waals surface area contributed by atoms with Gasteiger partial charge in [0.15, 0.2) is 0 Å². The molecule has 0 aliphatic heterocycles. The van der Waals surface area contributed by atoms with E-state index in [2.05, 4.69) is 4.98 Å². The van der Waals surface area contributed by atoms with Crippen LogP contribution in [-0.2, 0) is 12.6 Å². The molecule has 1 fully saturated rings. The minimum absolute atomic E-state index is 0.224. The highest BCUT2D eigenvalue weighted by Crippen LogP contribution is 2.38. The molecule has 1 aliphatic rings. The Morgan fingerprint density at radius 3 is 2.62 bits per heavy atom. The molecule has 0 aromatic carbocycles. The number of nitrogens with two attached hydrogens (primary N) is 1. The fourth-order valence-corrected chi connectivity index (χ4v) is 1.69. The fraction of sp³-hybridized carbons (Fsp3) is 0.545. The highest BCUT2D eigenvalue weighted by atomic mass is 19.4. The van der Waals surface area contributed by atoms with E-state index in [1.807, 2.05) is 0 Å². The van der Waals surface area contributed by atoms with E-state index in [1.165, 1.54) is 18.3 Å². The Balaban J connectivity index is 2.13. The second kappa shape index (κ2) is 3.73. The average molecular weight is 230 g/mol. The number of nitrogens with zero attached hydrogens (tertiary/aromatic N) is 1. The third kappa shape index (κ3) is 2.52. The first kappa shape index (κ1) is 11.4. The zero-order valence-electron chi connectivity index (χ0n) is 8.72. The highest BCUT2D eigenvalue weighted by molar-refractivity contribution is 5.23. The standard InChI is InChI=1S/C11H13F3N2/c12-11(13,14)9-8(2-1-7-16-9)3-4-10(15)5-6-10/h1-2,7H,3-6,15H2. The molecule has 88 valence electrons. The number of halogens is 3. The van der Waals surface area contributed by atoms with Crippen LogP contribution in [0.15, 0.2) is 18.3 Å². The van der Waals surface area contributed by atoms with Crippen molar-refractivity contribution in [1.82, 2.24) is 4.98 Å². The molecular formula is C11H13F3N2. The van der Waals surface area contributed by atoms with Gasteiger partial charge in [0.05, 0.1) is 0 Å². The molecule has 0 spiro atoms. The molecule has 0 radical (unpaired) electrons. The maximum absolute atomic E-state index is 12.6. The Bertz CT molecular complexity index is 383. The average Bonchev–Trinajstić information content (AvgIpc) is 2.94. The molecule has 1 saturated carbocycles. The van der Waals surface area contributed by atoms with Crippen LogP contribution >= 0.6 is 0 Å². The zero-order chi connectivity index (χ0) is 11.8. The summed E-state index contributed by atoms with van der Waals surface area (Å²) in [4.78, 5) is 3.41. The predicted octanol–water partition coefficient (Wildman–Crippen LogP) is 2.52. The van der Waals surface area contributed by atoms with Gasteiger partial charge < -0.3 is 5.73 Å². The Labute approximate surface area is 91.7 Å². The van der Waals surface area contributed by atoms with E-state index in [4.69, 9.17) is 5.73 Å². The topological polar surface area (TPSA) is 38.9 Å². The molecule has 0 bridgehead atoms. The van der Waals surface area contributed by atoms with Crippen LogP contribution in [0.25, 0.3) is 0 Å². The summed E-state index contributed by atoms with van der Waals surface area (Å²) < 4.78 is 37.8. The van der Waals surface area contributed by atoms with E-state index >= 15 is 0 Å². The van der Waals surface area contributed by atoms with Gasteiger partial charge in [0.1, 0.15) is 5.69 Å². The maximum Gasteiger partial charge on any atom is 0.433 e. The van der Waals surface area contributed by atoms with Crippen LogP contribution < -0.4 is 5.73 Å². The minimum Gasteiger partial charge on any atom is -0.325 e. The van der Waals surface area contributed by atoms with Crippen molar-refractivity contribution < 1.29 is 13.2 Å². The third-order valence-electron chi connectivity index (χ3n) is 2.94. The van der Waals surface area contributed by atoms with Crippen molar-refractivity contribution in [3.05, 3.63) is 29.6 Å². The van der Waals surface area contributed by atoms with Crippen LogP contribution in [0, 0.1) is 0 Å². The van der Waals surface area contributed by atoms with Crippen molar-refractivity contribution in [3.8, 4) is 0 Å². The van der Waals surface area contributed by atoms with Crippen LogP contribution in [0.5, 0.6) is 0 Å². The summed E-state index contributed by atoms with van der Waals surface area (Å²) in [5.74, 6) is 0. The first-order valence-corrected chi connectivity index (χ1v) is 5.21. The van der Waals surface area contributed by atoms with Crippen molar-refractivity contribution >= 4 is 0 Å². The van der Waals surface area contributed by atoms with Crippen molar-refractivity contribution in [1.29, 1.82) is 0 Å². The second-order valence-corrected chi connectivity index (χ2v) is 4.37. The summed E-state index contributed by atoms with van der Waals surface area (Å²) in [6.45, 7) is 0. The summed E-state index contributed by atoms with van der Waals surface area (Å²) in [6.07, 6.45) is -0.437. The van der Waals surface area contributed by atoms with Gasteiger partial charge in [0.2, 0.25) is 0 Å². The lowest BCUT2D eigenvalue weighted by Gasteiger charge is -2.13. The Morgan fingerprint density at radius 2 is 2.06 bits per heavy atom. The SMILES string of the molecule is NC1(CCc2cccnc2C(F)(F)F)CC1. The molecule has 1 heterocycles. The number of aromatic nitrogens is 1. The van der Waals surface area contributed by atoms with Crippen molar-refractivity contribution in [2.45, 2.75) is 37.4 Å². The van der Waals surface area contributed by atoms with Crippen LogP contribution in [0.1, 0.15) is 30.5 Å². The molecule has 0 atom stereocenters. The van der Waals surface area contributed by atoms with Crippen LogP contribution in [0.4, 0.5) is 13.2 Å². The Kier molecular flexibility index (Phi) is 2.66. The van der Waals surface area contributed by atoms with E-state index in [9.17, 15) is 13.2 Å². The molecule has 5 heteroatoms. The predicted molar refractivity (Wildman–Crippen MR) is 53.7 cm³/mol. The lowest BCUT2D eigenvalue weighted by molar-refractivity contribution is -0.141. The van der Waals surface area contributed by atoms with Crippen LogP contribution in [0.2, 0.25) is 0 Å². The molecule has 1 aliphatic carbocycles. The normalized spacial score (nSPS) is 18.5. The largest absolute Gasteiger partial charge is 0.433 e. The van der Waals surface area contributed by atoms with Gasteiger partial charge in [-0.15, -0.1) is 0 Å². The van der Waals surface area contributed by atoms with E-state index < -0.39 is 11.9 Å². The zero-order valence-corrected chi connectivity index (χ0v) is 8.72. The number of hydrogen-bond acceptors (Lipinski definition) is 2. The molecule has 2 rings (SSSR count). The van der Waals surface area contributed by atoms with Gasteiger partial charge in [-0.05, 0) is 37.3 Å². The molecule has 0 unspecified atom stereocenters. The molecule has 0 amide bonds. The van der Waals surface area contributed by atoms with E-state index in [1.54, 1.807) is 0 Å². The highest BCUT2D eigenvalue weighted by Gasteiger charge is 2.39. The van der Waals surface area contributed by atoms with Gasteiger partial charge in [-0.2, -0.15) is 13.2 Å². The number of rotatable bonds is 3. The van der Waals surface area contributed by atoms with E-state index in [-0.39, 0.29) is 11.1 Å². The third-order valence-corrected chi connectivity index (χ3v) is 2.94. The van der Waals surface area contributed by atoms with Crippen LogP contribution in [-0.4, -0.2) is 10.5 Å². The Morgan fingerprint density at radius 1 is 1.38 bits per heavy atom. The first-order chi connectivity index (χ1) is 7.41. The number of aryl methyl sites for hydroxylation is 1. The molecule has 1 aromatic rings. The van der Waals surface area contributed by atoms with E-state index in [0.717, 1.165) is 12.8 Å². The number of hydrogen-bond donors (Lipinski definition) is 1. The van der Waals surface area contributed by atoms with Crippen molar-refractivity contribution in [2.24, 2.45) is 5.73 Å². The lowest BCUT2D eigenvalue weighted by atomic mass is 10.0. The smallest absolute Gasteiger partial charge is 0.325 e.